The monoisotopic (exact) mass is 199 g/mol. The third-order valence-corrected chi connectivity index (χ3v) is 3.50. The van der Waals surface area contributed by atoms with E-state index in [1.54, 1.807) is 11.1 Å². The number of anilines is 1. The van der Waals surface area contributed by atoms with Gasteiger partial charge in [0.2, 0.25) is 0 Å². The predicted octanol–water partition coefficient (Wildman–Crippen LogP) is 3.18. The average molecular weight is 199 g/mol. The van der Waals surface area contributed by atoms with E-state index in [2.05, 4.69) is 30.5 Å². The number of hydrogen-bond donors (Lipinski definition) is 1. The van der Waals surface area contributed by atoms with E-state index < -0.39 is 0 Å². The van der Waals surface area contributed by atoms with Crippen LogP contribution in [-0.4, -0.2) is 6.54 Å². The summed E-state index contributed by atoms with van der Waals surface area (Å²) in [6.07, 6.45) is 9.56. The molecule has 0 amide bonds. The van der Waals surface area contributed by atoms with Crippen molar-refractivity contribution in [3.8, 4) is 0 Å². The van der Waals surface area contributed by atoms with Crippen LogP contribution < -0.4 is 5.32 Å². The van der Waals surface area contributed by atoms with E-state index in [1.165, 1.54) is 36.1 Å². The summed E-state index contributed by atoms with van der Waals surface area (Å²) in [5.41, 5.74) is 7.58. The summed E-state index contributed by atoms with van der Waals surface area (Å²) >= 11 is 0. The highest BCUT2D eigenvalue weighted by Crippen LogP contribution is 2.37. The molecule has 0 bridgehead atoms. The van der Waals surface area contributed by atoms with Crippen LogP contribution in [0.15, 0.2) is 12.1 Å². The van der Waals surface area contributed by atoms with Crippen molar-refractivity contribution in [3.63, 3.8) is 0 Å². The van der Waals surface area contributed by atoms with Crippen LogP contribution in [0.5, 0.6) is 0 Å². The first-order valence-corrected chi connectivity index (χ1v) is 5.98. The lowest BCUT2D eigenvalue weighted by molar-refractivity contribution is 0.911. The summed E-state index contributed by atoms with van der Waals surface area (Å²) in [6, 6.07) is 2.43. The molecule has 0 saturated carbocycles. The molecule has 0 heterocycles. The molecular formula is C14H17N. The Bertz CT molecular complexity index is 429. The Morgan fingerprint density at radius 2 is 2.20 bits per heavy atom. The Labute approximate surface area is 91.2 Å². The summed E-state index contributed by atoms with van der Waals surface area (Å²) in [6.45, 7) is 3.20. The van der Waals surface area contributed by atoms with Gasteiger partial charge in [-0.15, -0.1) is 0 Å². The normalized spacial score (nSPS) is 16.6. The van der Waals surface area contributed by atoms with Crippen molar-refractivity contribution in [3.05, 3.63) is 34.4 Å². The fourth-order valence-corrected chi connectivity index (χ4v) is 2.86. The number of nitrogens with one attached hydrogen (secondary N) is 1. The number of fused-ring (bicyclic) bond motifs is 2. The van der Waals surface area contributed by atoms with E-state index >= 15 is 0 Å². The van der Waals surface area contributed by atoms with Crippen molar-refractivity contribution >= 4 is 11.8 Å². The van der Waals surface area contributed by atoms with Crippen LogP contribution in [0.1, 0.15) is 35.6 Å². The molecule has 1 N–H and O–H groups in total. The van der Waals surface area contributed by atoms with Gasteiger partial charge in [-0.3, -0.25) is 0 Å². The molecule has 0 spiro atoms. The van der Waals surface area contributed by atoms with Crippen molar-refractivity contribution in [2.45, 2.75) is 32.6 Å². The summed E-state index contributed by atoms with van der Waals surface area (Å²) in [5.74, 6) is 0. The smallest absolute Gasteiger partial charge is 0.0451 e. The molecule has 0 aliphatic heterocycles. The van der Waals surface area contributed by atoms with Gasteiger partial charge in [0.15, 0.2) is 0 Å². The molecule has 1 nitrogen and oxygen atoms in total. The molecule has 3 rings (SSSR count). The SMILES string of the molecule is CCNc1c2c(cc3c1CCC3)CC=C2. The summed E-state index contributed by atoms with van der Waals surface area (Å²) < 4.78 is 0. The third-order valence-electron chi connectivity index (χ3n) is 3.50. The summed E-state index contributed by atoms with van der Waals surface area (Å²) in [4.78, 5) is 0. The van der Waals surface area contributed by atoms with Crippen LogP contribution in [-0.2, 0) is 19.3 Å². The lowest BCUT2D eigenvalue weighted by atomic mass is 9.98. The first kappa shape index (κ1) is 9.02. The second kappa shape index (κ2) is 3.41. The third kappa shape index (κ3) is 1.30. The van der Waals surface area contributed by atoms with E-state index in [1.807, 2.05) is 0 Å². The van der Waals surface area contributed by atoms with Gasteiger partial charge in [-0.2, -0.15) is 0 Å². The zero-order valence-electron chi connectivity index (χ0n) is 9.27. The number of rotatable bonds is 2. The first-order chi connectivity index (χ1) is 7.40. The maximum atomic E-state index is 3.56. The number of benzene rings is 1. The molecule has 1 heteroatoms. The van der Waals surface area contributed by atoms with Crippen LogP contribution in [0.3, 0.4) is 0 Å². The maximum Gasteiger partial charge on any atom is 0.0451 e. The number of hydrogen-bond acceptors (Lipinski definition) is 1. The Balaban J connectivity index is 2.19. The molecular weight excluding hydrogens is 182 g/mol. The minimum Gasteiger partial charge on any atom is -0.385 e. The Hall–Kier alpha value is -1.24. The van der Waals surface area contributed by atoms with Gasteiger partial charge >= 0.3 is 0 Å². The van der Waals surface area contributed by atoms with Gasteiger partial charge in [-0.1, -0.05) is 18.2 Å². The Morgan fingerprint density at radius 1 is 1.27 bits per heavy atom. The highest BCUT2D eigenvalue weighted by Gasteiger charge is 2.20. The molecule has 0 saturated heterocycles. The lowest BCUT2D eigenvalue weighted by Crippen LogP contribution is -2.04. The zero-order chi connectivity index (χ0) is 10.3. The van der Waals surface area contributed by atoms with Crippen molar-refractivity contribution < 1.29 is 0 Å². The average Bonchev–Trinajstić information content (AvgIpc) is 2.84. The van der Waals surface area contributed by atoms with E-state index in [0.29, 0.717) is 0 Å². The second-order valence-electron chi connectivity index (χ2n) is 4.45. The largest absolute Gasteiger partial charge is 0.385 e. The van der Waals surface area contributed by atoms with Crippen molar-refractivity contribution in [2.24, 2.45) is 0 Å². The van der Waals surface area contributed by atoms with E-state index in [-0.39, 0.29) is 0 Å². The molecule has 0 aromatic heterocycles. The minimum atomic E-state index is 1.02. The highest BCUT2D eigenvalue weighted by molar-refractivity contribution is 5.77. The van der Waals surface area contributed by atoms with Gasteiger partial charge in [-0.25, -0.2) is 0 Å². The highest BCUT2D eigenvalue weighted by atomic mass is 14.9. The van der Waals surface area contributed by atoms with Gasteiger partial charge < -0.3 is 5.32 Å². The minimum absolute atomic E-state index is 1.02. The van der Waals surface area contributed by atoms with Crippen LogP contribution in [0.4, 0.5) is 5.69 Å². The predicted molar refractivity (Wildman–Crippen MR) is 65.4 cm³/mol. The summed E-state index contributed by atoms with van der Waals surface area (Å²) in [5, 5.41) is 3.56. The van der Waals surface area contributed by atoms with Gasteiger partial charge in [0.1, 0.15) is 0 Å². The number of aryl methyl sites for hydroxylation is 1. The lowest BCUT2D eigenvalue weighted by Gasteiger charge is -2.15. The fraction of sp³-hybridized carbons (Fsp3) is 0.429. The van der Waals surface area contributed by atoms with Crippen molar-refractivity contribution in [1.29, 1.82) is 0 Å². The first-order valence-electron chi connectivity index (χ1n) is 5.98. The maximum absolute atomic E-state index is 3.56. The molecule has 1 aromatic rings. The molecule has 0 fully saturated rings. The van der Waals surface area contributed by atoms with E-state index in [0.717, 1.165) is 13.0 Å². The van der Waals surface area contributed by atoms with Crippen LogP contribution >= 0.6 is 0 Å². The zero-order valence-corrected chi connectivity index (χ0v) is 9.27. The van der Waals surface area contributed by atoms with E-state index in [9.17, 15) is 0 Å². The van der Waals surface area contributed by atoms with Crippen LogP contribution in [0.2, 0.25) is 0 Å². The van der Waals surface area contributed by atoms with Gasteiger partial charge in [0.05, 0.1) is 0 Å². The molecule has 0 unspecified atom stereocenters. The van der Waals surface area contributed by atoms with Crippen molar-refractivity contribution in [2.75, 3.05) is 11.9 Å². The van der Waals surface area contributed by atoms with Gasteiger partial charge in [-0.05, 0) is 49.3 Å². The fourth-order valence-electron chi connectivity index (χ4n) is 2.86. The number of allylic oxidation sites excluding steroid dienone is 1. The van der Waals surface area contributed by atoms with Crippen LogP contribution in [0.25, 0.3) is 6.08 Å². The quantitative estimate of drug-likeness (QED) is 0.771. The van der Waals surface area contributed by atoms with Crippen LogP contribution in [0, 0.1) is 0 Å². The molecule has 15 heavy (non-hydrogen) atoms. The topological polar surface area (TPSA) is 12.0 Å². The molecule has 0 atom stereocenters. The summed E-state index contributed by atoms with van der Waals surface area (Å²) in [7, 11) is 0. The standard InChI is InChI=1S/C14H17N/c1-2-15-14-12-7-3-5-10(12)9-11-6-4-8-13(11)14/h3,7,9,15H,2,4-6,8H2,1H3. The molecule has 2 aliphatic carbocycles. The van der Waals surface area contributed by atoms with Gasteiger partial charge in [0.25, 0.3) is 0 Å². The van der Waals surface area contributed by atoms with E-state index in [4.69, 9.17) is 0 Å². The molecule has 2 aliphatic rings. The molecule has 1 aromatic carbocycles. The second-order valence-corrected chi connectivity index (χ2v) is 4.45. The Morgan fingerprint density at radius 3 is 3.07 bits per heavy atom. The Kier molecular flexibility index (Phi) is 2.05. The molecule has 0 radical (unpaired) electrons. The van der Waals surface area contributed by atoms with Gasteiger partial charge in [0, 0.05) is 17.8 Å². The molecule has 78 valence electrons. The van der Waals surface area contributed by atoms with Crippen molar-refractivity contribution in [1.82, 2.24) is 0 Å².